The van der Waals surface area contributed by atoms with Crippen LogP contribution in [0.15, 0.2) is 46.3 Å². The summed E-state index contributed by atoms with van der Waals surface area (Å²) >= 11 is 4.96. The number of anilines is 1. The number of nitrogens with one attached hydrogen (secondary N) is 1. The Balaban J connectivity index is 1.63. The first-order valence-electron chi connectivity index (χ1n) is 7.61. The molecule has 1 aromatic carbocycles. The zero-order valence-electron chi connectivity index (χ0n) is 12.9. The lowest BCUT2D eigenvalue weighted by Crippen LogP contribution is -2.52. The van der Waals surface area contributed by atoms with Gasteiger partial charge >= 0.3 is 0 Å². The van der Waals surface area contributed by atoms with E-state index < -0.39 is 17.4 Å². The van der Waals surface area contributed by atoms with Crippen LogP contribution in [0.1, 0.15) is 11.3 Å². The largest absolute Gasteiger partial charge is 0.372 e. The van der Waals surface area contributed by atoms with Gasteiger partial charge in [0.05, 0.1) is 0 Å². The summed E-state index contributed by atoms with van der Waals surface area (Å²) in [6.45, 7) is 0.711. The highest BCUT2D eigenvalue weighted by Gasteiger charge is 2.51. The minimum Gasteiger partial charge on any atom is -0.372 e. The highest BCUT2D eigenvalue weighted by molar-refractivity contribution is 9.10. The predicted octanol–water partition coefficient (Wildman–Crippen LogP) is 2.34. The predicted molar refractivity (Wildman–Crippen MR) is 97.1 cm³/mol. The molecule has 0 radical (unpaired) electrons. The van der Waals surface area contributed by atoms with Crippen molar-refractivity contribution in [1.29, 1.82) is 0 Å². The molecule has 0 aliphatic carbocycles. The molecule has 0 saturated carbocycles. The molecule has 126 valence electrons. The molecule has 24 heavy (non-hydrogen) atoms. The Morgan fingerprint density at radius 2 is 2.08 bits per heavy atom. The highest BCUT2D eigenvalue weighted by atomic mass is 79.9. The summed E-state index contributed by atoms with van der Waals surface area (Å²) in [7, 11) is 0. The molecule has 5 nitrogen and oxygen atoms in total. The van der Waals surface area contributed by atoms with Crippen LogP contribution in [0.2, 0.25) is 0 Å². The van der Waals surface area contributed by atoms with Gasteiger partial charge in [0.25, 0.3) is 11.8 Å². The van der Waals surface area contributed by atoms with Gasteiger partial charge in [-0.25, -0.2) is 0 Å². The lowest BCUT2D eigenvalue weighted by molar-refractivity contribution is -0.149. The number of hydrogen-bond acceptors (Lipinski definition) is 4. The number of halogens is 1. The zero-order chi connectivity index (χ0) is 17.2. The highest BCUT2D eigenvalue weighted by Crippen LogP contribution is 2.29. The summed E-state index contributed by atoms with van der Waals surface area (Å²) in [6.07, 6.45) is 0.775. The summed E-state index contributed by atoms with van der Waals surface area (Å²) in [5, 5.41) is 15.2. The van der Waals surface area contributed by atoms with E-state index in [1.54, 1.807) is 23.5 Å². The molecule has 0 spiro atoms. The number of nitrogens with zero attached hydrogens (tertiary/aromatic N) is 1. The smallest absolute Gasteiger partial charge is 0.268 e. The third-order valence-electron chi connectivity index (χ3n) is 4.05. The first-order chi connectivity index (χ1) is 11.5. The van der Waals surface area contributed by atoms with Crippen LogP contribution in [0.3, 0.4) is 0 Å². The van der Waals surface area contributed by atoms with Crippen molar-refractivity contribution in [2.24, 2.45) is 0 Å². The van der Waals surface area contributed by atoms with Crippen LogP contribution in [0.4, 0.5) is 5.69 Å². The molecule has 1 aromatic heterocycles. The second-order valence-electron chi connectivity index (χ2n) is 5.63. The molecule has 1 aliphatic rings. The van der Waals surface area contributed by atoms with Crippen LogP contribution >= 0.6 is 27.3 Å². The van der Waals surface area contributed by atoms with Gasteiger partial charge < -0.3 is 15.3 Å². The van der Waals surface area contributed by atoms with E-state index in [2.05, 4.69) is 21.2 Å². The Kier molecular flexibility index (Phi) is 5.03. The summed E-state index contributed by atoms with van der Waals surface area (Å²) in [4.78, 5) is 27.5. The Labute approximate surface area is 152 Å². The average Bonchev–Trinajstić information content (AvgIpc) is 3.18. The molecule has 7 heteroatoms. The van der Waals surface area contributed by atoms with Crippen LogP contribution in [-0.2, 0) is 16.0 Å². The maximum Gasteiger partial charge on any atom is 0.268 e. The molecule has 1 aliphatic heterocycles. The number of benzene rings is 1. The molecule has 0 unspecified atom stereocenters. The number of hydrogen-bond donors (Lipinski definition) is 2. The topological polar surface area (TPSA) is 69.6 Å². The maximum atomic E-state index is 12.6. The van der Waals surface area contributed by atoms with Crippen molar-refractivity contribution >= 4 is 44.8 Å². The van der Waals surface area contributed by atoms with Crippen LogP contribution in [0.5, 0.6) is 0 Å². The van der Waals surface area contributed by atoms with Gasteiger partial charge in [0.1, 0.15) is 0 Å². The Bertz CT molecular complexity index is 733. The molecule has 0 bridgehead atoms. The number of carbonyl (C=O) groups is 2. The minimum absolute atomic E-state index is 0.0900. The summed E-state index contributed by atoms with van der Waals surface area (Å²) < 4.78 is 0.902. The third-order valence-corrected chi connectivity index (χ3v) is 5.51. The van der Waals surface area contributed by atoms with Crippen molar-refractivity contribution in [3.8, 4) is 0 Å². The fourth-order valence-electron chi connectivity index (χ4n) is 2.68. The maximum absolute atomic E-state index is 12.6. The second-order valence-corrected chi connectivity index (χ2v) is 7.58. The average molecular weight is 409 g/mol. The zero-order valence-corrected chi connectivity index (χ0v) is 15.3. The molecule has 2 amide bonds. The Morgan fingerprint density at radius 1 is 1.33 bits per heavy atom. The van der Waals surface area contributed by atoms with E-state index in [4.69, 9.17) is 0 Å². The quantitative estimate of drug-likeness (QED) is 0.745. The van der Waals surface area contributed by atoms with Crippen LogP contribution in [0.25, 0.3) is 0 Å². The van der Waals surface area contributed by atoms with Gasteiger partial charge in [-0.3, -0.25) is 9.59 Å². The number of thiophene rings is 1. The Morgan fingerprint density at radius 3 is 2.75 bits per heavy atom. The molecular formula is C17H17BrN2O3S. The standard InChI is InChI=1S/C17H17BrN2O3S/c18-12-3-5-13(6-4-12)20-10-8-17(23,16(20)22)15(21)19-9-7-14-2-1-11-24-14/h1-6,11,23H,7-10H2,(H,19,21)/t17-/m1/s1. The molecule has 3 rings (SSSR count). The van der Waals surface area contributed by atoms with Crippen LogP contribution in [-0.4, -0.2) is 35.6 Å². The number of amides is 2. The van der Waals surface area contributed by atoms with Crippen molar-refractivity contribution < 1.29 is 14.7 Å². The van der Waals surface area contributed by atoms with E-state index in [0.29, 0.717) is 25.2 Å². The van der Waals surface area contributed by atoms with Crippen molar-refractivity contribution in [1.82, 2.24) is 5.32 Å². The summed E-state index contributed by atoms with van der Waals surface area (Å²) in [6, 6.07) is 11.1. The lowest BCUT2D eigenvalue weighted by atomic mass is 10.0. The first kappa shape index (κ1) is 17.1. The van der Waals surface area contributed by atoms with Crippen LogP contribution in [0, 0.1) is 0 Å². The van der Waals surface area contributed by atoms with Gasteiger partial charge in [-0.2, -0.15) is 0 Å². The molecular weight excluding hydrogens is 392 g/mol. The minimum atomic E-state index is -1.98. The number of aliphatic hydroxyl groups is 1. The molecule has 2 heterocycles. The molecule has 1 saturated heterocycles. The SMILES string of the molecule is O=C(NCCc1cccs1)[C@]1(O)CCN(c2ccc(Br)cc2)C1=O. The van der Waals surface area contributed by atoms with Gasteiger partial charge in [0, 0.05) is 34.5 Å². The lowest BCUT2D eigenvalue weighted by Gasteiger charge is -2.21. The van der Waals surface area contributed by atoms with Gasteiger partial charge in [-0.05, 0) is 42.1 Å². The van der Waals surface area contributed by atoms with Crippen LogP contribution < -0.4 is 10.2 Å². The van der Waals surface area contributed by atoms with E-state index in [-0.39, 0.29) is 6.42 Å². The normalized spacial score (nSPS) is 20.4. The van der Waals surface area contributed by atoms with Gasteiger partial charge in [0.15, 0.2) is 0 Å². The molecule has 2 aromatic rings. The monoisotopic (exact) mass is 408 g/mol. The molecule has 1 atom stereocenters. The van der Waals surface area contributed by atoms with Crippen molar-refractivity contribution in [3.63, 3.8) is 0 Å². The number of rotatable bonds is 5. The fraction of sp³-hybridized carbons (Fsp3) is 0.294. The van der Waals surface area contributed by atoms with Gasteiger partial charge in [-0.15, -0.1) is 11.3 Å². The van der Waals surface area contributed by atoms with Gasteiger partial charge in [0.2, 0.25) is 5.60 Å². The van der Waals surface area contributed by atoms with E-state index in [1.165, 1.54) is 4.90 Å². The number of carbonyl (C=O) groups excluding carboxylic acids is 2. The van der Waals surface area contributed by atoms with Crippen molar-refractivity contribution in [2.45, 2.75) is 18.4 Å². The van der Waals surface area contributed by atoms with E-state index in [9.17, 15) is 14.7 Å². The summed E-state index contributed by atoms with van der Waals surface area (Å²) in [5.74, 6) is -1.19. The summed E-state index contributed by atoms with van der Waals surface area (Å²) in [5.41, 5.74) is -1.31. The fourth-order valence-corrected chi connectivity index (χ4v) is 3.66. The Hall–Kier alpha value is -1.70. The first-order valence-corrected chi connectivity index (χ1v) is 9.28. The van der Waals surface area contributed by atoms with Gasteiger partial charge in [-0.1, -0.05) is 22.0 Å². The molecule has 2 N–H and O–H groups in total. The third kappa shape index (κ3) is 3.38. The van der Waals surface area contributed by atoms with Crippen molar-refractivity contribution in [2.75, 3.05) is 18.0 Å². The molecule has 1 fully saturated rings. The van der Waals surface area contributed by atoms with E-state index in [1.807, 2.05) is 29.6 Å². The second kappa shape index (κ2) is 7.04. The van der Waals surface area contributed by atoms with E-state index >= 15 is 0 Å². The van der Waals surface area contributed by atoms with Crippen molar-refractivity contribution in [3.05, 3.63) is 51.1 Å². The van der Waals surface area contributed by atoms with E-state index in [0.717, 1.165) is 9.35 Å².